The van der Waals surface area contributed by atoms with Crippen LogP contribution in [0, 0.1) is 0 Å². The molecule has 27 heavy (non-hydrogen) atoms. The van der Waals surface area contributed by atoms with Crippen molar-refractivity contribution in [2.45, 2.75) is 52.4 Å². The van der Waals surface area contributed by atoms with E-state index in [0.29, 0.717) is 17.4 Å². The summed E-state index contributed by atoms with van der Waals surface area (Å²) in [6.45, 7) is 10.4. The van der Waals surface area contributed by atoms with Crippen molar-refractivity contribution in [1.29, 1.82) is 0 Å². The van der Waals surface area contributed by atoms with E-state index in [0.717, 1.165) is 5.56 Å². The minimum Gasteiger partial charge on any atom is -0.755 e. The van der Waals surface area contributed by atoms with Gasteiger partial charge in [0.25, 0.3) is 0 Å². The molecule has 0 fully saturated rings. The van der Waals surface area contributed by atoms with Crippen LogP contribution in [0.2, 0.25) is 10.0 Å². The number of phenolic OH excluding ortho intramolecular Hbond substituents is 1. The molecule has 4 nitrogen and oxygen atoms in total. The minimum atomic E-state index is -2.55. The summed E-state index contributed by atoms with van der Waals surface area (Å²) in [7, 11) is 0. The van der Waals surface area contributed by atoms with E-state index >= 15 is 0 Å². The zero-order valence-corrected chi connectivity index (χ0v) is 18.3. The number of nitrogens with one attached hydrogen (secondary N) is 1. The second kappa shape index (κ2) is 8.82. The van der Waals surface area contributed by atoms with Crippen molar-refractivity contribution in [3.8, 4) is 5.75 Å². The Hall–Kier alpha value is -1.27. The highest BCUT2D eigenvalue weighted by atomic mass is 35.5. The molecule has 2 aromatic rings. The van der Waals surface area contributed by atoms with Crippen LogP contribution >= 0.6 is 23.2 Å². The molecule has 2 atom stereocenters. The Morgan fingerprint density at radius 1 is 0.963 bits per heavy atom. The SMILES string of the molecule is CC(C)c1cc(C(C)C)cc(C(C)c2c(NS(=O)[O-])cc(Cl)c(O)c2Cl)c1. The van der Waals surface area contributed by atoms with Gasteiger partial charge in [-0.05, 0) is 34.6 Å². The van der Waals surface area contributed by atoms with E-state index < -0.39 is 11.3 Å². The van der Waals surface area contributed by atoms with Crippen molar-refractivity contribution < 1.29 is 13.9 Å². The first-order valence-electron chi connectivity index (χ1n) is 8.74. The van der Waals surface area contributed by atoms with Gasteiger partial charge in [0, 0.05) is 22.7 Å². The summed E-state index contributed by atoms with van der Waals surface area (Å²) in [4.78, 5) is 0. The Morgan fingerprint density at radius 3 is 1.89 bits per heavy atom. The molecule has 0 aliphatic rings. The first-order chi connectivity index (χ1) is 12.5. The van der Waals surface area contributed by atoms with Gasteiger partial charge in [-0.3, -0.25) is 4.21 Å². The molecule has 0 amide bonds. The van der Waals surface area contributed by atoms with Crippen molar-refractivity contribution in [1.82, 2.24) is 0 Å². The molecule has 0 saturated carbocycles. The summed E-state index contributed by atoms with van der Waals surface area (Å²) < 4.78 is 24.8. The molecule has 0 aliphatic carbocycles. The minimum absolute atomic E-state index is 0.0114. The Balaban J connectivity index is 2.68. The summed E-state index contributed by atoms with van der Waals surface area (Å²) in [6, 6.07) is 7.76. The molecule has 148 valence electrons. The molecule has 0 saturated heterocycles. The fourth-order valence-corrected chi connectivity index (χ4v) is 3.97. The lowest BCUT2D eigenvalue weighted by Gasteiger charge is -2.23. The van der Waals surface area contributed by atoms with Crippen LogP contribution in [0.3, 0.4) is 0 Å². The third-order valence-electron chi connectivity index (χ3n) is 4.69. The van der Waals surface area contributed by atoms with E-state index in [1.165, 1.54) is 17.2 Å². The molecule has 0 radical (unpaired) electrons. The molecular formula is C20H24Cl2NO3S-. The first-order valence-corrected chi connectivity index (χ1v) is 10.6. The Kier molecular flexibility index (Phi) is 7.20. The standard InChI is InChI=1S/C20H25Cl2NO3S/c1-10(2)13-6-14(11(3)4)8-15(7-13)12(5)18-17(23-27(25)26)9-16(21)20(24)19(18)22/h6-12,23-24H,1-5H3,(H,25,26)/p-1. The summed E-state index contributed by atoms with van der Waals surface area (Å²) in [5, 5.41) is 10.2. The van der Waals surface area contributed by atoms with Gasteiger partial charge in [-0.15, -0.1) is 0 Å². The maximum atomic E-state index is 11.2. The molecule has 0 spiro atoms. The Labute approximate surface area is 173 Å². The number of hydrogen-bond donors (Lipinski definition) is 2. The summed E-state index contributed by atoms with van der Waals surface area (Å²) in [6.07, 6.45) is 0. The van der Waals surface area contributed by atoms with Crippen molar-refractivity contribution >= 4 is 40.2 Å². The number of rotatable bonds is 6. The molecule has 2 aromatic carbocycles. The highest BCUT2D eigenvalue weighted by molar-refractivity contribution is 7.80. The van der Waals surface area contributed by atoms with Crippen molar-refractivity contribution in [2.24, 2.45) is 0 Å². The zero-order chi connectivity index (χ0) is 20.5. The number of hydrogen-bond acceptors (Lipinski definition) is 3. The normalized spacial score (nSPS) is 13.9. The van der Waals surface area contributed by atoms with Gasteiger partial charge in [-0.2, -0.15) is 0 Å². The first kappa shape index (κ1) is 22.0. The van der Waals surface area contributed by atoms with Gasteiger partial charge in [0.15, 0.2) is 5.75 Å². The van der Waals surface area contributed by atoms with Crippen molar-refractivity contribution in [2.75, 3.05) is 4.72 Å². The average molecular weight is 429 g/mol. The van der Waals surface area contributed by atoms with Crippen LogP contribution in [0.1, 0.15) is 74.6 Å². The van der Waals surface area contributed by atoms with Crippen LogP contribution in [-0.2, 0) is 11.3 Å². The fraction of sp³-hybridized carbons (Fsp3) is 0.400. The van der Waals surface area contributed by atoms with E-state index in [4.69, 9.17) is 23.2 Å². The van der Waals surface area contributed by atoms with Crippen LogP contribution < -0.4 is 4.72 Å². The number of anilines is 1. The maximum Gasteiger partial charge on any atom is 0.153 e. The van der Waals surface area contributed by atoms with Crippen LogP contribution in [0.5, 0.6) is 5.75 Å². The average Bonchev–Trinajstić information content (AvgIpc) is 2.58. The largest absolute Gasteiger partial charge is 0.755 e. The molecule has 0 bridgehead atoms. The summed E-state index contributed by atoms with van der Waals surface area (Å²) in [5.74, 6) is 0.167. The van der Waals surface area contributed by atoms with Gasteiger partial charge in [-0.25, -0.2) is 0 Å². The van der Waals surface area contributed by atoms with Crippen molar-refractivity contribution in [3.63, 3.8) is 0 Å². The monoisotopic (exact) mass is 428 g/mol. The second-order valence-corrected chi connectivity index (χ2v) is 8.74. The van der Waals surface area contributed by atoms with Crippen LogP contribution in [0.15, 0.2) is 24.3 Å². The lowest BCUT2D eigenvalue weighted by atomic mass is 9.85. The summed E-state index contributed by atoms with van der Waals surface area (Å²) >= 11 is 9.80. The zero-order valence-electron chi connectivity index (χ0n) is 16.0. The van der Waals surface area contributed by atoms with E-state index in [-0.39, 0.29) is 27.4 Å². The number of halogens is 2. The molecule has 2 rings (SSSR count). The van der Waals surface area contributed by atoms with E-state index in [1.807, 2.05) is 6.92 Å². The third kappa shape index (κ3) is 4.96. The highest BCUT2D eigenvalue weighted by Crippen LogP contribution is 2.45. The second-order valence-electron chi connectivity index (χ2n) is 7.28. The lowest BCUT2D eigenvalue weighted by Crippen LogP contribution is -2.09. The number of benzene rings is 2. The van der Waals surface area contributed by atoms with E-state index in [9.17, 15) is 13.9 Å². The highest BCUT2D eigenvalue weighted by Gasteiger charge is 2.23. The number of aromatic hydroxyl groups is 1. The molecule has 0 aromatic heterocycles. The van der Waals surface area contributed by atoms with Gasteiger partial charge in [0.2, 0.25) is 0 Å². The quantitative estimate of drug-likeness (QED) is 0.418. The predicted octanol–water partition coefficient (Wildman–Crippen LogP) is 6.30. The topological polar surface area (TPSA) is 72.4 Å². The van der Waals surface area contributed by atoms with Gasteiger partial charge < -0.3 is 14.4 Å². The molecule has 2 N–H and O–H groups in total. The smallest absolute Gasteiger partial charge is 0.153 e. The van der Waals surface area contributed by atoms with E-state index in [2.05, 4.69) is 50.6 Å². The lowest BCUT2D eigenvalue weighted by molar-refractivity contribution is 0.475. The summed E-state index contributed by atoms with van der Waals surface area (Å²) in [5.41, 5.74) is 4.12. The van der Waals surface area contributed by atoms with Crippen molar-refractivity contribution in [3.05, 3.63) is 56.6 Å². The molecular weight excluding hydrogens is 405 g/mol. The molecule has 2 unspecified atom stereocenters. The van der Waals surface area contributed by atoms with Gasteiger partial charge in [0.1, 0.15) is 0 Å². The maximum absolute atomic E-state index is 11.2. The van der Waals surface area contributed by atoms with Gasteiger partial charge in [-0.1, -0.05) is 76.0 Å². The Bertz CT molecular complexity index is 843. The number of phenols is 1. The third-order valence-corrected chi connectivity index (χ3v) is 5.75. The molecule has 7 heteroatoms. The van der Waals surface area contributed by atoms with Crippen LogP contribution in [0.4, 0.5) is 5.69 Å². The van der Waals surface area contributed by atoms with Crippen LogP contribution in [0.25, 0.3) is 0 Å². The van der Waals surface area contributed by atoms with Gasteiger partial charge in [0.05, 0.1) is 15.7 Å². The fourth-order valence-electron chi connectivity index (χ4n) is 3.01. The Morgan fingerprint density at radius 2 is 1.44 bits per heavy atom. The van der Waals surface area contributed by atoms with E-state index in [1.54, 1.807) is 0 Å². The molecule has 0 heterocycles. The van der Waals surface area contributed by atoms with Gasteiger partial charge >= 0.3 is 0 Å². The predicted molar refractivity (Wildman–Crippen MR) is 113 cm³/mol. The molecule has 0 aliphatic heterocycles. The van der Waals surface area contributed by atoms with Crippen LogP contribution in [-0.4, -0.2) is 13.9 Å².